The van der Waals surface area contributed by atoms with Crippen LogP contribution >= 0.6 is 12.2 Å². The normalized spacial score (nSPS) is 15.8. The fourth-order valence-corrected chi connectivity index (χ4v) is 2.88. The van der Waals surface area contributed by atoms with Crippen molar-refractivity contribution < 1.29 is 4.79 Å². The molecule has 1 aliphatic rings. The first-order valence-corrected chi connectivity index (χ1v) is 8.14. The predicted molar refractivity (Wildman–Crippen MR) is 91.7 cm³/mol. The van der Waals surface area contributed by atoms with Crippen molar-refractivity contribution in [3.63, 3.8) is 0 Å². The predicted octanol–water partition coefficient (Wildman–Crippen LogP) is 1.69. The fourth-order valence-electron chi connectivity index (χ4n) is 2.68. The van der Waals surface area contributed by atoms with Crippen molar-refractivity contribution in [2.24, 2.45) is 0 Å². The lowest BCUT2D eigenvalue weighted by Gasteiger charge is -2.32. The molecule has 1 aliphatic heterocycles. The average molecular weight is 331 g/mol. The van der Waals surface area contributed by atoms with Gasteiger partial charge in [0.15, 0.2) is 10.6 Å². The Morgan fingerprint density at radius 1 is 1.22 bits per heavy atom. The van der Waals surface area contributed by atoms with E-state index >= 15 is 0 Å². The van der Waals surface area contributed by atoms with Gasteiger partial charge in [-0.15, -0.1) is 0 Å². The van der Waals surface area contributed by atoms with Crippen LogP contribution < -0.4 is 0 Å². The van der Waals surface area contributed by atoms with Gasteiger partial charge in [0.1, 0.15) is 6.54 Å². The molecule has 0 atom stereocenters. The molecule has 23 heavy (non-hydrogen) atoms. The molecule has 2 heterocycles. The standard InChI is InChI=1S/C16H21N5OS/c1-12-3-5-13(6-4-12)15-17-18-16(23)21(15)11-14(22)20-9-7-19(2)8-10-20/h3-6H,7-11H2,1-2H3,(H,18,23). The van der Waals surface area contributed by atoms with E-state index in [1.165, 1.54) is 5.56 Å². The Kier molecular flexibility index (Phi) is 4.58. The number of hydrogen-bond donors (Lipinski definition) is 1. The summed E-state index contributed by atoms with van der Waals surface area (Å²) in [6, 6.07) is 8.05. The summed E-state index contributed by atoms with van der Waals surface area (Å²) in [5, 5.41) is 7.10. The molecule has 0 bridgehead atoms. The van der Waals surface area contributed by atoms with Gasteiger partial charge in [0, 0.05) is 31.7 Å². The molecule has 0 saturated carbocycles. The minimum absolute atomic E-state index is 0.0870. The first kappa shape index (κ1) is 15.9. The van der Waals surface area contributed by atoms with Crippen LogP contribution in [0.2, 0.25) is 0 Å². The minimum Gasteiger partial charge on any atom is -0.339 e. The van der Waals surface area contributed by atoms with Gasteiger partial charge in [0.05, 0.1) is 0 Å². The van der Waals surface area contributed by atoms with Crippen LogP contribution in [0.1, 0.15) is 5.56 Å². The Hall–Kier alpha value is -1.99. The lowest BCUT2D eigenvalue weighted by molar-refractivity contribution is -0.133. The molecule has 1 saturated heterocycles. The number of hydrogen-bond acceptors (Lipinski definition) is 4. The van der Waals surface area contributed by atoms with Crippen LogP contribution in [0, 0.1) is 11.7 Å². The number of amides is 1. The largest absolute Gasteiger partial charge is 0.339 e. The van der Waals surface area contributed by atoms with Crippen LogP contribution in [0.25, 0.3) is 11.4 Å². The molecular weight excluding hydrogens is 310 g/mol. The van der Waals surface area contributed by atoms with Crippen LogP contribution in [0.15, 0.2) is 24.3 Å². The molecule has 0 unspecified atom stereocenters. The Labute approximate surface area is 140 Å². The molecule has 3 rings (SSSR count). The number of aromatic nitrogens is 3. The SMILES string of the molecule is Cc1ccc(-c2n[nH]c(=S)n2CC(=O)N2CCN(C)CC2)cc1. The smallest absolute Gasteiger partial charge is 0.242 e. The molecule has 1 aromatic heterocycles. The Balaban J connectivity index is 1.80. The highest BCUT2D eigenvalue weighted by molar-refractivity contribution is 7.71. The zero-order valence-electron chi connectivity index (χ0n) is 13.5. The van der Waals surface area contributed by atoms with E-state index in [0.29, 0.717) is 10.6 Å². The first-order valence-electron chi connectivity index (χ1n) is 7.73. The van der Waals surface area contributed by atoms with E-state index in [1.54, 1.807) is 4.57 Å². The number of benzene rings is 1. The molecule has 2 aromatic rings. The van der Waals surface area contributed by atoms with Crippen LogP contribution in [-0.4, -0.2) is 63.7 Å². The van der Waals surface area contributed by atoms with Gasteiger partial charge in [-0.3, -0.25) is 14.5 Å². The maximum atomic E-state index is 12.6. The number of H-pyrrole nitrogens is 1. The molecule has 7 heteroatoms. The summed E-state index contributed by atoms with van der Waals surface area (Å²) in [5.74, 6) is 0.793. The van der Waals surface area contributed by atoms with Crippen molar-refractivity contribution in [2.45, 2.75) is 13.5 Å². The third-order valence-corrected chi connectivity index (χ3v) is 4.53. The Morgan fingerprint density at radius 3 is 2.52 bits per heavy atom. The van der Waals surface area contributed by atoms with Crippen LogP contribution in [0.3, 0.4) is 0 Å². The van der Waals surface area contributed by atoms with Crippen LogP contribution in [-0.2, 0) is 11.3 Å². The summed E-state index contributed by atoms with van der Waals surface area (Å²) < 4.78 is 2.25. The third-order valence-electron chi connectivity index (χ3n) is 4.22. The van der Waals surface area contributed by atoms with Gasteiger partial charge in [-0.25, -0.2) is 0 Å². The van der Waals surface area contributed by atoms with E-state index in [-0.39, 0.29) is 12.5 Å². The number of carbonyl (C=O) groups excluding carboxylic acids is 1. The molecule has 0 aliphatic carbocycles. The van der Waals surface area contributed by atoms with Gasteiger partial charge in [-0.2, -0.15) is 5.10 Å². The van der Waals surface area contributed by atoms with E-state index in [0.717, 1.165) is 31.7 Å². The lowest BCUT2D eigenvalue weighted by atomic mass is 10.1. The first-order chi connectivity index (χ1) is 11.0. The molecule has 122 valence electrons. The molecule has 0 radical (unpaired) electrons. The second kappa shape index (κ2) is 6.64. The number of nitrogens with zero attached hydrogens (tertiary/aromatic N) is 4. The number of aromatic amines is 1. The summed E-state index contributed by atoms with van der Waals surface area (Å²) in [5.41, 5.74) is 2.14. The van der Waals surface area contributed by atoms with Crippen molar-refractivity contribution in [3.05, 3.63) is 34.6 Å². The number of likely N-dealkylation sites (N-methyl/N-ethyl adjacent to an activating group) is 1. The van der Waals surface area contributed by atoms with E-state index in [9.17, 15) is 4.79 Å². The van der Waals surface area contributed by atoms with Gasteiger partial charge in [-0.1, -0.05) is 29.8 Å². The number of rotatable bonds is 3. The zero-order valence-corrected chi connectivity index (χ0v) is 14.3. The maximum Gasteiger partial charge on any atom is 0.242 e. The van der Waals surface area contributed by atoms with Gasteiger partial charge in [0.25, 0.3) is 0 Å². The molecule has 1 fully saturated rings. The molecule has 0 spiro atoms. The minimum atomic E-state index is 0.0870. The van der Waals surface area contributed by atoms with Gasteiger partial charge in [0.2, 0.25) is 5.91 Å². The summed E-state index contributed by atoms with van der Waals surface area (Å²) in [7, 11) is 2.07. The van der Waals surface area contributed by atoms with Gasteiger partial charge < -0.3 is 9.80 Å². The monoisotopic (exact) mass is 331 g/mol. The Morgan fingerprint density at radius 2 is 1.87 bits per heavy atom. The summed E-state index contributed by atoms with van der Waals surface area (Å²) >= 11 is 5.30. The van der Waals surface area contributed by atoms with Gasteiger partial charge >= 0.3 is 0 Å². The molecule has 1 N–H and O–H groups in total. The van der Waals surface area contributed by atoms with Gasteiger partial charge in [-0.05, 0) is 26.2 Å². The number of aryl methyl sites for hydroxylation is 1. The number of piperazine rings is 1. The van der Waals surface area contributed by atoms with Crippen LogP contribution in [0.5, 0.6) is 0 Å². The molecule has 1 amide bonds. The highest BCUT2D eigenvalue weighted by Crippen LogP contribution is 2.18. The van der Waals surface area contributed by atoms with Crippen molar-refractivity contribution in [3.8, 4) is 11.4 Å². The number of carbonyl (C=O) groups is 1. The van der Waals surface area contributed by atoms with Crippen molar-refractivity contribution in [1.82, 2.24) is 24.6 Å². The summed E-state index contributed by atoms with van der Waals surface area (Å²) in [6.45, 7) is 5.61. The fraction of sp³-hybridized carbons (Fsp3) is 0.438. The highest BCUT2D eigenvalue weighted by Gasteiger charge is 2.21. The van der Waals surface area contributed by atoms with E-state index < -0.39 is 0 Å². The van der Waals surface area contributed by atoms with E-state index in [2.05, 4.69) is 22.1 Å². The van der Waals surface area contributed by atoms with Crippen molar-refractivity contribution in [2.75, 3.05) is 33.2 Å². The second-order valence-electron chi connectivity index (χ2n) is 5.99. The highest BCUT2D eigenvalue weighted by atomic mass is 32.1. The topological polar surface area (TPSA) is 57.2 Å². The lowest BCUT2D eigenvalue weighted by Crippen LogP contribution is -2.48. The zero-order chi connectivity index (χ0) is 16.4. The second-order valence-corrected chi connectivity index (χ2v) is 6.38. The Bertz CT molecular complexity index is 741. The van der Waals surface area contributed by atoms with Crippen molar-refractivity contribution in [1.29, 1.82) is 0 Å². The quantitative estimate of drug-likeness (QED) is 0.870. The number of nitrogens with one attached hydrogen (secondary N) is 1. The summed E-state index contributed by atoms with van der Waals surface area (Å²) in [6.07, 6.45) is 0. The van der Waals surface area contributed by atoms with Crippen molar-refractivity contribution >= 4 is 18.1 Å². The maximum absolute atomic E-state index is 12.6. The van der Waals surface area contributed by atoms with E-state index in [1.807, 2.05) is 36.1 Å². The van der Waals surface area contributed by atoms with E-state index in [4.69, 9.17) is 12.2 Å². The van der Waals surface area contributed by atoms with Crippen LogP contribution in [0.4, 0.5) is 0 Å². The average Bonchev–Trinajstić information content (AvgIpc) is 2.90. The third kappa shape index (κ3) is 3.51. The summed E-state index contributed by atoms with van der Waals surface area (Å²) in [4.78, 5) is 16.7. The molecule has 1 aromatic carbocycles. The molecule has 6 nitrogen and oxygen atoms in total. The molecular formula is C16H21N5OS.